The van der Waals surface area contributed by atoms with Crippen LogP contribution in [0.15, 0.2) is 54.6 Å². The third-order valence-electron chi connectivity index (χ3n) is 3.95. The predicted molar refractivity (Wildman–Crippen MR) is 100 cm³/mol. The van der Waals surface area contributed by atoms with Crippen molar-refractivity contribution in [2.75, 3.05) is 18.5 Å². The molecule has 1 aliphatic heterocycles. The Morgan fingerprint density at radius 2 is 1.92 bits per heavy atom. The number of hydrogen-bond donors (Lipinski definition) is 2. The van der Waals surface area contributed by atoms with Crippen LogP contribution in [0.25, 0.3) is 0 Å². The van der Waals surface area contributed by atoms with E-state index in [2.05, 4.69) is 5.32 Å². The molecule has 0 radical (unpaired) electrons. The Hall–Kier alpha value is -2.08. The number of anilines is 1. The van der Waals surface area contributed by atoms with Gasteiger partial charge in [-0.25, -0.2) is 0 Å². The molecule has 2 aromatic rings. The molecule has 5 nitrogen and oxygen atoms in total. The molecule has 1 fully saturated rings. The van der Waals surface area contributed by atoms with E-state index in [1.165, 1.54) is 0 Å². The minimum atomic E-state index is -0.584. The van der Waals surface area contributed by atoms with Gasteiger partial charge in [0.2, 0.25) is 5.91 Å². The zero-order chi connectivity index (χ0) is 16.8. The maximum absolute atomic E-state index is 12.2. The minimum Gasteiger partial charge on any atom is -0.488 e. The van der Waals surface area contributed by atoms with E-state index in [0.717, 1.165) is 24.3 Å². The Morgan fingerprint density at radius 1 is 1.20 bits per heavy atom. The van der Waals surface area contributed by atoms with Crippen molar-refractivity contribution >= 4 is 24.0 Å². The van der Waals surface area contributed by atoms with Gasteiger partial charge in [-0.05, 0) is 36.2 Å². The molecule has 1 aliphatic rings. The Bertz CT molecular complexity index is 658. The largest absolute Gasteiger partial charge is 0.488 e. The molecule has 2 aromatic carbocycles. The highest BCUT2D eigenvalue weighted by Gasteiger charge is 2.17. The van der Waals surface area contributed by atoms with Gasteiger partial charge in [-0.3, -0.25) is 4.79 Å². The molecule has 0 saturated carbocycles. The summed E-state index contributed by atoms with van der Waals surface area (Å²) < 4.78 is 11.1. The Balaban J connectivity index is 0.00000225. The lowest BCUT2D eigenvalue weighted by Crippen LogP contribution is -2.37. The van der Waals surface area contributed by atoms with Crippen molar-refractivity contribution in [1.82, 2.24) is 0 Å². The summed E-state index contributed by atoms with van der Waals surface area (Å²) in [4.78, 5) is 12.2. The number of carbonyl (C=O) groups is 1. The van der Waals surface area contributed by atoms with Crippen molar-refractivity contribution in [2.45, 2.75) is 25.0 Å². The van der Waals surface area contributed by atoms with Gasteiger partial charge in [0.1, 0.15) is 11.9 Å². The first kappa shape index (κ1) is 19.2. The highest BCUT2D eigenvalue weighted by atomic mass is 35.5. The summed E-state index contributed by atoms with van der Waals surface area (Å²) in [5.41, 5.74) is 7.74. The molecule has 25 heavy (non-hydrogen) atoms. The van der Waals surface area contributed by atoms with Crippen LogP contribution in [0.1, 0.15) is 12.0 Å². The number of hydrogen-bond acceptors (Lipinski definition) is 4. The normalized spacial score (nSPS) is 17.4. The quantitative estimate of drug-likeness (QED) is 0.828. The number of amides is 1. The summed E-state index contributed by atoms with van der Waals surface area (Å²) in [5, 5.41) is 2.84. The molecule has 1 heterocycles. The van der Waals surface area contributed by atoms with E-state index in [1.54, 1.807) is 0 Å². The van der Waals surface area contributed by atoms with Crippen molar-refractivity contribution in [3.63, 3.8) is 0 Å². The maximum Gasteiger partial charge on any atom is 0.241 e. The number of benzene rings is 2. The lowest BCUT2D eigenvalue weighted by atomic mass is 10.1. The molecular formula is C19H23ClN2O3. The minimum absolute atomic E-state index is 0. The maximum atomic E-state index is 12.2. The second kappa shape index (κ2) is 9.42. The number of nitrogens with two attached hydrogens (primary N) is 1. The monoisotopic (exact) mass is 362 g/mol. The molecular weight excluding hydrogens is 340 g/mol. The first-order chi connectivity index (χ1) is 11.7. The fourth-order valence-electron chi connectivity index (χ4n) is 2.61. The van der Waals surface area contributed by atoms with Crippen LogP contribution in [0.3, 0.4) is 0 Å². The van der Waals surface area contributed by atoms with Crippen LogP contribution < -0.4 is 15.8 Å². The van der Waals surface area contributed by atoms with E-state index < -0.39 is 6.04 Å². The Kier molecular flexibility index (Phi) is 7.25. The summed E-state index contributed by atoms with van der Waals surface area (Å²) in [7, 11) is 0. The third kappa shape index (κ3) is 5.74. The van der Waals surface area contributed by atoms with E-state index in [4.69, 9.17) is 15.2 Å². The second-order valence-electron chi connectivity index (χ2n) is 5.91. The van der Waals surface area contributed by atoms with Gasteiger partial charge in [-0.2, -0.15) is 0 Å². The fraction of sp³-hybridized carbons (Fsp3) is 0.316. The van der Waals surface area contributed by atoms with Crippen LogP contribution >= 0.6 is 12.4 Å². The molecule has 3 N–H and O–H groups in total. The SMILES string of the molecule is Cl.N[C@@H](Cc1ccccc1)C(=O)Nc1ccc(OC2CCOC2)cc1. The van der Waals surface area contributed by atoms with E-state index in [1.807, 2.05) is 54.6 Å². The van der Waals surface area contributed by atoms with Gasteiger partial charge < -0.3 is 20.5 Å². The number of ether oxygens (including phenoxy) is 2. The summed E-state index contributed by atoms with van der Waals surface area (Å²) in [5.74, 6) is 0.578. The van der Waals surface area contributed by atoms with E-state index in [9.17, 15) is 4.79 Å². The van der Waals surface area contributed by atoms with Crippen molar-refractivity contribution in [3.05, 3.63) is 60.2 Å². The molecule has 134 valence electrons. The summed E-state index contributed by atoms with van der Waals surface area (Å²) in [6, 6.07) is 16.5. The van der Waals surface area contributed by atoms with Crippen LogP contribution in [0.2, 0.25) is 0 Å². The third-order valence-corrected chi connectivity index (χ3v) is 3.95. The average molecular weight is 363 g/mol. The smallest absolute Gasteiger partial charge is 0.241 e. The molecule has 1 amide bonds. The molecule has 0 aromatic heterocycles. The van der Waals surface area contributed by atoms with Gasteiger partial charge in [0, 0.05) is 12.1 Å². The van der Waals surface area contributed by atoms with Crippen molar-refractivity contribution in [3.8, 4) is 5.75 Å². The number of halogens is 1. The van der Waals surface area contributed by atoms with Gasteiger partial charge in [-0.15, -0.1) is 12.4 Å². The van der Waals surface area contributed by atoms with Crippen molar-refractivity contribution in [2.24, 2.45) is 5.73 Å². The zero-order valence-corrected chi connectivity index (χ0v) is 14.7. The van der Waals surface area contributed by atoms with E-state index in [-0.39, 0.29) is 24.4 Å². The molecule has 1 saturated heterocycles. The molecule has 0 bridgehead atoms. The lowest BCUT2D eigenvalue weighted by Gasteiger charge is -2.14. The molecule has 6 heteroatoms. The van der Waals surface area contributed by atoms with Crippen molar-refractivity contribution < 1.29 is 14.3 Å². The molecule has 2 atom stereocenters. The van der Waals surface area contributed by atoms with E-state index in [0.29, 0.717) is 18.7 Å². The summed E-state index contributed by atoms with van der Waals surface area (Å²) >= 11 is 0. The number of carbonyl (C=O) groups excluding carboxylic acids is 1. The van der Waals surface area contributed by atoms with Crippen LogP contribution in [0.4, 0.5) is 5.69 Å². The topological polar surface area (TPSA) is 73.6 Å². The molecule has 3 rings (SSSR count). The van der Waals surface area contributed by atoms with Crippen LogP contribution in [0.5, 0.6) is 5.75 Å². The Labute approximate surface area is 153 Å². The first-order valence-electron chi connectivity index (χ1n) is 8.15. The van der Waals surface area contributed by atoms with Gasteiger partial charge in [0.05, 0.1) is 19.3 Å². The first-order valence-corrected chi connectivity index (χ1v) is 8.15. The zero-order valence-electron chi connectivity index (χ0n) is 13.9. The number of nitrogens with one attached hydrogen (secondary N) is 1. The predicted octanol–water partition coefficient (Wildman–Crippen LogP) is 2.78. The fourth-order valence-corrected chi connectivity index (χ4v) is 2.61. The van der Waals surface area contributed by atoms with Gasteiger partial charge in [0.25, 0.3) is 0 Å². The lowest BCUT2D eigenvalue weighted by molar-refractivity contribution is -0.117. The highest BCUT2D eigenvalue weighted by Crippen LogP contribution is 2.19. The van der Waals surface area contributed by atoms with Gasteiger partial charge in [-0.1, -0.05) is 30.3 Å². The molecule has 1 unspecified atom stereocenters. The molecule has 0 aliphatic carbocycles. The number of rotatable bonds is 6. The van der Waals surface area contributed by atoms with Crippen LogP contribution in [0, 0.1) is 0 Å². The van der Waals surface area contributed by atoms with Gasteiger partial charge in [0.15, 0.2) is 0 Å². The van der Waals surface area contributed by atoms with Crippen molar-refractivity contribution in [1.29, 1.82) is 0 Å². The van der Waals surface area contributed by atoms with E-state index >= 15 is 0 Å². The second-order valence-corrected chi connectivity index (χ2v) is 5.91. The average Bonchev–Trinajstić information content (AvgIpc) is 3.10. The summed E-state index contributed by atoms with van der Waals surface area (Å²) in [6.07, 6.45) is 1.53. The Morgan fingerprint density at radius 3 is 2.56 bits per heavy atom. The van der Waals surface area contributed by atoms with Crippen LogP contribution in [-0.4, -0.2) is 31.3 Å². The summed E-state index contributed by atoms with van der Waals surface area (Å²) in [6.45, 7) is 1.38. The van der Waals surface area contributed by atoms with Crippen LogP contribution in [-0.2, 0) is 16.0 Å². The standard InChI is InChI=1S/C19H22N2O3.ClH/c20-18(12-14-4-2-1-3-5-14)19(22)21-15-6-8-16(9-7-15)24-17-10-11-23-13-17;/h1-9,17-18H,10-13,20H2,(H,21,22);1H/t17?,18-;/m0./s1. The molecule has 0 spiro atoms. The van der Waals surface area contributed by atoms with Gasteiger partial charge >= 0.3 is 0 Å². The highest BCUT2D eigenvalue weighted by molar-refractivity contribution is 5.94.